The van der Waals surface area contributed by atoms with Crippen LogP contribution in [0.1, 0.15) is 31.7 Å². The molecule has 0 bridgehead atoms. The van der Waals surface area contributed by atoms with Gasteiger partial charge in [0.25, 0.3) is 0 Å². The summed E-state index contributed by atoms with van der Waals surface area (Å²) in [6.45, 7) is 1.45. The predicted molar refractivity (Wildman–Crippen MR) is 108 cm³/mol. The van der Waals surface area contributed by atoms with Crippen LogP contribution in [0.25, 0.3) is 0 Å². The molecule has 1 aliphatic rings. The molecular weight excluding hydrogens is 396 g/mol. The smallest absolute Gasteiger partial charge is 0.408 e. The Balaban J connectivity index is 2.04. The molecule has 0 saturated carbocycles. The number of hydrogen-bond acceptors (Lipinski definition) is 6. The molecule has 1 aliphatic heterocycles. The minimum Gasteiger partial charge on any atom is -0.480 e. The van der Waals surface area contributed by atoms with Crippen molar-refractivity contribution >= 4 is 34.8 Å². The molecule has 1 aromatic carbocycles. The highest BCUT2D eigenvalue weighted by molar-refractivity contribution is 8.13. The fourth-order valence-electron chi connectivity index (χ4n) is 2.82. The number of rotatable bonds is 8. The fraction of sp³-hybridized carbons (Fsp3) is 0.400. The van der Waals surface area contributed by atoms with Gasteiger partial charge in [-0.25, -0.2) is 9.59 Å². The first-order chi connectivity index (χ1) is 13.9. The number of benzene rings is 1. The SMILES string of the molecule is CC(=O)SCC[C@H](NC(=O)OCc1ccccc1)C(=O)N1C=CCC[C@H]1C(=O)O. The van der Waals surface area contributed by atoms with E-state index in [2.05, 4.69) is 5.32 Å². The van der Waals surface area contributed by atoms with E-state index in [1.165, 1.54) is 13.1 Å². The topological polar surface area (TPSA) is 113 Å². The van der Waals surface area contributed by atoms with Gasteiger partial charge in [0.1, 0.15) is 18.7 Å². The number of carbonyl (C=O) groups is 4. The number of hydrogen-bond donors (Lipinski definition) is 2. The molecule has 0 aromatic heterocycles. The zero-order valence-electron chi connectivity index (χ0n) is 16.1. The predicted octanol–water partition coefficient (Wildman–Crippen LogP) is 2.54. The van der Waals surface area contributed by atoms with E-state index in [1.807, 2.05) is 18.2 Å². The van der Waals surface area contributed by atoms with E-state index in [0.717, 1.165) is 22.2 Å². The molecule has 2 rings (SSSR count). The summed E-state index contributed by atoms with van der Waals surface area (Å²) in [6, 6.07) is 7.08. The molecule has 2 amide bonds. The van der Waals surface area contributed by atoms with Gasteiger partial charge in [0.05, 0.1) is 0 Å². The number of aliphatic carboxylic acids is 1. The highest BCUT2D eigenvalue weighted by Gasteiger charge is 2.34. The lowest BCUT2D eigenvalue weighted by Gasteiger charge is -2.31. The maximum absolute atomic E-state index is 12.9. The summed E-state index contributed by atoms with van der Waals surface area (Å²) in [7, 11) is 0. The van der Waals surface area contributed by atoms with Crippen molar-refractivity contribution in [3.8, 4) is 0 Å². The van der Waals surface area contributed by atoms with Crippen LogP contribution in [0.4, 0.5) is 4.79 Å². The van der Waals surface area contributed by atoms with Gasteiger partial charge in [0, 0.05) is 18.9 Å². The molecular formula is C20H24N2O6S. The second kappa shape index (κ2) is 11.3. The van der Waals surface area contributed by atoms with Gasteiger partial charge in [-0.15, -0.1) is 0 Å². The van der Waals surface area contributed by atoms with Crippen LogP contribution in [-0.4, -0.2) is 50.9 Å². The maximum atomic E-state index is 12.9. The molecule has 1 aromatic rings. The molecule has 1 heterocycles. The van der Waals surface area contributed by atoms with Crippen molar-refractivity contribution in [3.63, 3.8) is 0 Å². The minimum atomic E-state index is -1.11. The van der Waals surface area contributed by atoms with E-state index in [1.54, 1.807) is 18.2 Å². The molecule has 0 radical (unpaired) electrons. The van der Waals surface area contributed by atoms with Gasteiger partial charge in [0.2, 0.25) is 5.91 Å². The number of carbonyl (C=O) groups excluding carboxylic acids is 3. The van der Waals surface area contributed by atoms with Crippen LogP contribution in [0.5, 0.6) is 0 Å². The molecule has 0 fully saturated rings. The largest absolute Gasteiger partial charge is 0.480 e. The number of ether oxygens (including phenoxy) is 1. The van der Waals surface area contributed by atoms with Crippen LogP contribution in [0.2, 0.25) is 0 Å². The zero-order chi connectivity index (χ0) is 21.2. The summed E-state index contributed by atoms with van der Waals surface area (Å²) in [5.74, 6) is -1.35. The Hall–Kier alpha value is -2.81. The molecule has 9 heteroatoms. The van der Waals surface area contributed by atoms with Gasteiger partial charge in [0.15, 0.2) is 5.12 Å². The van der Waals surface area contributed by atoms with E-state index in [-0.39, 0.29) is 18.1 Å². The molecule has 2 atom stereocenters. The maximum Gasteiger partial charge on any atom is 0.408 e. The standard InChI is InChI=1S/C20H24N2O6S/c1-14(23)29-12-10-16(18(24)22-11-6-5-9-17(22)19(25)26)21-20(27)28-13-15-7-3-2-4-8-15/h2-4,6-8,11,16-17H,5,9-10,12-13H2,1H3,(H,21,27)(H,25,26)/t16-,17-/m0/s1. The lowest BCUT2D eigenvalue weighted by atomic mass is 10.0. The number of carboxylic acid groups (broad SMARTS) is 1. The van der Waals surface area contributed by atoms with Crippen molar-refractivity contribution in [1.82, 2.24) is 10.2 Å². The Labute approximate surface area is 173 Å². The molecule has 0 spiro atoms. The van der Waals surface area contributed by atoms with Gasteiger partial charge in [-0.1, -0.05) is 48.2 Å². The highest BCUT2D eigenvalue weighted by atomic mass is 32.2. The monoisotopic (exact) mass is 420 g/mol. The molecule has 0 saturated heterocycles. The number of nitrogens with zero attached hydrogens (tertiary/aromatic N) is 1. The first-order valence-corrected chi connectivity index (χ1v) is 10.2. The molecule has 8 nitrogen and oxygen atoms in total. The summed E-state index contributed by atoms with van der Waals surface area (Å²) < 4.78 is 5.17. The van der Waals surface area contributed by atoms with E-state index >= 15 is 0 Å². The number of alkyl carbamates (subject to hydrolysis) is 1. The second-order valence-corrected chi connectivity index (χ2v) is 7.72. The Morgan fingerprint density at radius 2 is 2.00 bits per heavy atom. The number of carboxylic acids is 1. The Bertz CT molecular complexity index is 767. The van der Waals surface area contributed by atoms with Crippen molar-refractivity contribution in [2.24, 2.45) is 0 Å². The average Bonchev–Trinajstić information content (AvgIpc) is 2.71. The third-order valence-electron chi connectivity index (χ3n) is 4.26. The number of nitrogens with one attached hydrogen (secondary N) is 1. The normalized spacial score (nSPS) is 16.7. The van der Waals surface area contributed by atoms with Crippen LogP contribution < -0.4 is 5.32 Å². The van der Waals surface area contributed by atoms with E-state index < -0.39 is 30.1 Å². The van der Waals surface area contributed by atoms with Crippen LogP contribution in [-0.2, 0) is 25.7 Å². The Kier molecular flexibility index (Phi) is 8.72. The van der Waals surface area contributed by atoms with Gasteiger partial charge < -0.3 is 20.1 Å². The quantitative estimate of drug-likeness (QED) is 0.664. The van der Waals surface area contributed by atoms with Gasteiger partial charge in [-0.3, -0.25) is 9.59 Å². The van der Waals surface area contributed by atoms with Crippen molar-refractivity contribution in [1.29, 1.82) is 0 Å². The van der Waals surface area contributed by atoms with Crippen LogP contribution in [0.3, 0.4) is 0 Å². The number of allylic oxidation sites excluding steroid dienone is 1. The van der Waals surface area contributed by atoms with Crippen molar-refractivity contribution < 1.29 is 29.0 Å². The summed E-state index contributed by atoms with van der Waals surface area (Å²) in [6.07, 6.45) is 3.38. The third-order valence-corrected chi connectivity index (χ3v) is 5.11. The van der Waals surface area contributed by atoms with E-state index in [9.17, 15) is 24.3 Å². The highest BCUT2D eigenvalue weighted by Crippen LogP contribution is 2.18. The third kappa shape index (κ3) is 7.26. The average molecular weight is 420 g/mol. The van der Waals surface area contributed by atoms with Gasteiger partial charge >= 0.3 is 12.1 Å². The van der Waals surface area contributed by atoms with Crippen LogP contribution >= 0.6 is 11.8 Å². The van der Waals surface area contributed by atoms with Crippen LogP contribution in [0, 0.1) is 0 Å². The first kappa shape index (κ1) is 22.5. The number of thioether (sulfide) groups is 1. The van der Waals surface area contributed by atoms with Crippen molar-refractivity contribution in [2.45, 2.75) is 44.9 Å². The van der Waals surface area contributed by atoms with Crippen molar-refractivity contribution in [2.75, 3.05) is 5.75 Å². The Morgan fingerprint density at radius 3 is 2.66 bits per heavy atom. The Morgan fingerprint density at radius 1 is 1.28 bits per heavy atom. The summed E-state index contributed by atoms with van der Waals surface area (Å²) in [5, 5.41) is 11.8. The summed E-state index contributed by atoms with van der Waals surface area (Å²) >= 11 is 1.03. The molecule has 0 unspecified atom stereocenters. The first-order valence-electron chi connectivity index (χ1n) is 9.20. The molecule has 2 N–H and O–H groups in total. The van der Waals surface area contributed by atoms with Gasteiger partial charge in [-0.05, 0) is 24.8 Å². The van der Waals surface area contributed by atoms with E-state index in [0.29, 0.717) is 18.6 Å². The summed E-state index contributed by atoms with van der Waals surface area (Å²) in [5.41, 5.74) is 0.794. The second-order valence-electron chi connectivity index (χ2n) is 6.45. The zero-order valence-corrected chi connectivity index (χ0v) is 16.9. The summed E-state index contributed by atoms with van der Waals surface area (Å²) in [4.78, 5) is 49.0. The molecule has 0 aliphatic carbocycles. The fourth-order valence-corrected chi connectivity index (χ4v) is 3.46. The number of amides is 2. The van der Waals surface area contributed by atoms with Crippen LogP contribution in [0.15, 0.2) is 42.6 Å². The molecule has 29 heavy (non-hydrogen) atoms. The lowest BCUT2D eigenvalue weighted by molar-refractivity contribution is -0.149. The molecule has 156 valence electrons. The lowest BCUT2D eigenvalue weighted by Crippen LogP contribution is -2.52. The van der Waals surface area contributed by atoms with Gasteiger partial charge in [-0.2, -0.15) is 0 Å². The van der Waals surface area contributed by atoms with E-state index in [4.69, 9.17) is 4.74 Å². The van der Waals surface area contributed by atoms with Crippen molar-refractivity contribution in [3.05, 3.63) is 48.2 Å². The minimum absolute atomic E-state index is 0.0388.